The van der Waals surface area contributed by atoms with E-state index >= 15 is 0 Å². The maximum absolute atomic E-state index is 12.7. The summed E-state index contributed by atoms with van der Waals surface area (Å²) in [4.78, 5) is 30.1. The van der Waals surface area contributed by atoms with Gasteiger partial charge in [-0.3, -0.25) is 0 Å². The van der Waals surface area contributed by atoms with Crippen LogP contribution in [-0.2, 0) is 4.79 Å². The molecular formula is C15H27N3O3. The number of aliphatic carboxylic acids is 1. The molecule has 120 valence electrons. The Morgan fingerprint density at radius 2 is 1.76 bits per heavy atom. The summed E-state index contributed by atoms with van der Waals surface area (Å²) < 4.78 is 0. The molecule has 6 nitrogen and oxygen atoms in total. The zero-order valence-electron chi connectivity index (χ0n) is 13.3. The highest BCUT2D eigenvalue weighted by Gasteiger charge is 2.45. The van der Waals surface area contributed by atoms with E-state index in [1.807, 2.05) is 18.7 Å². The molecule has 2 aliphatic rings. The van der Waals surface area contributed by atoms with Gasteiger partial charge in [-0.15, -0.1) is 0 Å². The van der Waals surface area contributed by atoms with Gasteiger partial charge >= 0.3 is 12.0 Å². The fourth-order valence-corrected chi connectivity index (χ4v) is 3.50. The van der Waals surface area contributed by atoms with Crippen molar-refractivity contribution in [2.75, 3.05) is 39.3 Å². The fourth-order valence-electron chi connectivity index (χ4n) is 3.50. The summed E-state index contributed by atoms with van der Waals surface area (Å²) in [5.74, 6) is -0.889. The maximum Gasteiger partial charge on any atom is 0.327 e. The van der Waals surface area contributed by atoms with Crippen LogP contribution in [0.5, 0.6) is 0 Å². The van der Waals surface area contributed by atoms with Gasteiger partial charge in [-0.1, -0.05) is 20.8 Å². The van der Waals surface area contributed by atoms with Crippen LogP contribution in [-0.4, -0.2) is 77.1 Å². The number of hydrogen-bond donors (Lipinski definition) is 1. The van der Waals surface area contributed by atoms with Crippen molar-refractivity contribution in [2.45, 2.75) is 39.7 Å². The number of likely N-dealkylation sites (N-methyl/N-ethyl adjacent to an activating group) is 1. The first-order valence-corrected chi connectivity index (χ1v) is 7.87. The lowest BCUT2D eigenvalue weighted by Gasteiger charge is -2.46. The molecule has 2 heterocycles. The van der Waals surface area contributed by atoms with E-state index < -0.39 is 12.0 Å². The lowest BCUT2D eigenvalue weighted by atomic mass is 9.76. The summed E-state index contributed by atoms with van der Waals surface area (Å²) in [6, 6.07) is -0.825. The molecule has 0 aromatic heterocycles. The molecule has 0 bridgehead atoms. The predicted octanol–water partition coefficient (Wildman–Crippen LogP) is 1.32. The van der Waals surface area contributed by atoms with Crippen LogP contribution in [0, 0.1) is 5.41 Å². The van der Waals surface area contributed by atoms with Crippen LogP contribution < -0.4 is 0 Å². The number of hydrogen-bond acceptors (Lipinski definition) is 3. The third kappa shape index (κ3) is 3.31. The third-order valence-corrected chi connectivity index (χ3v) is 4.84. The summed E-state index contributed by atoms with van der Waals surface area (Å²) in [6.07, 6.45) is 1.72. The van der Waals surface area contributed by atoms with Crippen molar-refractivity contribution in [1.29, 1.82) is 0 Å². The number of carboxylic acids is 1. The van der Waals surface area contributed by atoms with E-state index in [0.29, 0.717) is 19.6 Å². The van der Waals surface area contributed by atoms with E-state index in [1.54, 1.807) is 4.90 Å². The van der Waals surface area contributed by atoms with Gasteiger partial charge < -0.3 is 19.8 Å². The Balaban J connectivity index is 2.08. The van der Waals surface area contributed by atoms with Crippen molar-refractivity contribution in [2.24, 2.45) is 5.41 Å². The van der Waals surface area contributed by atoms with E-state index in [9.17, 15) is 14.7 Å². The van der Waals surface area contributed by atoms with E-state index in [0.717, 1.165) is 32.5 Å². The number of amides is 2. The largest absolute Gasteiger partial charge is 0.480 e. The standard InChI is InChI=1S/C15H27N3O3/c1-4-16-8-10-17(11-9-16)14(21)18-7-5-6-15(2,3)12(18)13(19)20/h12H,4-11H2,1-3H3,(H,19,20). The monoisotopic (exact) mass is 297 g/mol. The third-order valence-electron chi connectivity index (χ3n) is 4.84. The Hall–Kier alpha value is -1.30. The molecule has 0 aromatic carbocycles. The van der Waals surface area contributed by atoms with Crippen LogP contribution >= 0.6 is 0 Å². The Morgan fingerprint density at radius 3 is 2.29 bits per heavy atom. The number of carboxylic acid groups (broad SMARTS) is 1. The molecule has 2 rings (SSSR count). The molecule has 0 saturated carbocycles. The lowest BCUT2D eigenvalue weighted by molar-refractivity contribution is -0.148. The Bertz CT molecular complexity index is 403. The van der Waals surface area contributed by atoms with Crippen LogP contribution in [0.2, 0.25) is 0 Å². The van der Waals surface area contributed by atoms with Crippen molar-refractivity contribution in [3.63, 3.8) is 0 Å². The molecule has 0 aromatic rings. The molecule has 21 heavy (non-hydrogen) atoms. The molecule has 0 radical (unpaired) electrons. The first-order valence-electron chi connectivity index (χ1n) is 7.87. The number of urea groups is 1. The topological polar surface area (TPSA) is 64.1 Å². The summed E-state index contributed by atoms with van der Waals surface area (Å²) in [6.45, 7) is 10.7. The van der Waals surface area contributed by atoms with Crippen LogP contribution in [0.15, 0.2) is 0 Å². The molecule has 2 fully saturated rings. The zero-order valence-corrected chi connectivity index (χ0v) is 13.3. The second-order valence-electron chi connectivity index (χ2n) is 6.73. The molecule has 2 aliphatic heterocycles. The van der Waals surface area contributed by atoms with Gasteiger partial charge in [0.15, 0.2) is 0 Å². The highest BCUT2D eigenvalue weighted by molar-refractivity contribution is 5.83. The fraction of sp³-hybridized carbons (Fsp3) is 0.867. The van der Waals surface area contributed by atoms with E-state index in [4.69, 9.17) is 0 Å². The van der Waals surface area contributed by atoms with E-state index in [1.165, 1.54) is 0 Å². The van der Waals surface area contributed by atoms with Crippen molar-refractivity contribution in [3.8, 4) is 0 Å². The van der Waals surface area contributed by atoms with Gasteiger partial charge in [-0.25, -0.2) is 9.59 Å². The minimum atomic E-state index is -0.889. The van der Waals surface area contributed by atoms with Crippen molar-refractivity contribution in [1.82, 2.24) is 14.7 Å². The molecule has 1 atom stereocenters. The first-order chi connectivity index (χ1) is 9.86. The number of likely N-dealkylation sites (tertiary alicyclic amines) is 1. The summed E-state index contributed by atoms with van der Waals surface area (Å²) in [7, 11) is 0. The number of nitrogens with zero attached hydrogens (tertiary/aromatic N) is 3. The molecule has 6 heteroatoms. The second-order valence-corrected chi connectivity index (χ2v) is 6.73. The second kappa shape index (κ2) is 6.22. The van der Waals surface area contributed by atoms with Crippen molar-refractivity contribution >= 4 is 12.0 Å². The van der Waals surface area contributed by atoms with Gasteiger partial charge in [-0.05, 0) is 24.8 Å². The van der Waals surface area contributed by atoms with Gasteiger partial charge in [0, 0.05) is 32.7 Å². The minimum absolute atomic E-state index is 0.106. The Kier molecular flexibility index (Phi) is 4.76. The van der Waals surface area contributed by atoms with Gasteiger partial charge in [0.2, 0.25) is 0 Å². The zero-order chi connectivity index (χ0) is 15.6. The Morgan fingerprint density at radius 1 is 1.14 bits per heavy atom. The predicted molar refractivity (Wildman–Crippen MR) is 80.2 cm³/mol. The van der Waals surface area contributed by atoms with Gasteiger partial charge in [0.25, 0.3) is 0 Å². The van der Waals surface area contributed by atoms with Crippen LogP contribution in [0.4, 0.5) is 4.79 Å². The number of carbonyl (C=O) groups excluding carboxylic acids is 1. The summed E-state index contributed by atoms with van der Waals surface area (Å²) in [5, 5.41) is 9.55. The molecule has 0 spiro atoms. The Labute approximate surface area is 126 Å². The summed E-state index contributed by atoms with van der Waals surface area (Å²) in [5.41, 5.74) is -0.370. The van der Waals surface area contributed by atoms with Crippen molar-refractivity contribution in [3.05, 3.63) is 0 Å². The van der Waals surface area contributed by atoms with E-state index in [-0.39, 0.29) is 11.4 Å². The summed E-state index contributed by atoms with van der Waals surface area (Å²) >= 11 is 0. The number of piperazine rings is 1. The SMILES string of the molecule is CCN1CCN(C(=O)N2CCCC(C)(C)C2C(=O)O)CC1. The van der Waals surface area contributed by atoms with Crippen LogP contribution in [0.1, 0.15) is 33.6 Å². The van der Waals surface area contributed by atoms with Crippen LogP contribution in [0.3, 0.4) is 0 Å². The van der Waals surface area contributed by atoms with Gasteiger partial charge in [-0.2, -0.15) is 0 Å². The normalized spacial score (nSPS) is 26.7. The smallest absolute Gasteiger partial charge is 0.327 e. The van der Waals surface area contributed by atoms with E-state index in [2.05, 4.69) is 11.8 Å². The van der Waals surface area contributed by atoms with Crippen LogP contribution in [0.25, 0.3) is 0 Å². The minimum Gasteiger partial charge on any atom is -0.480 e. The van der Waals surface area contributed by atoms with Crippen molar-refractivity contribution < 1.29 is 14.7 Å². The molecule has 1 N–H and O–H groups in total. The van der Waals surface area contributed by atoms with Gasteiger partial charge in [0.1, 0.15) is 6.04 Å². The highest BCUT2D eigenvalue weighted by atomic mass is 16.4. The molecule has 2 amide bonds. The average Bonchev–Trinajstić information content (AvgIpc) is 2.45. The number of rotatable bonds is 2. The molecular weight excluding hydrogens is 270 g/mol. The maximum atomic E-state index is 12.7. The quantitative estimate of drug-likeness (QED) is 0.835. The number of carbonyl (C=O) groups is 2. The number of piperidine rings is 1. The molecule has 1 unspecified atom stereocenters. The first kappa shape index (κ1) is 16.1. The molecule has 0 aliphatic carbocycles. The molecule has 2 saturated heterocycles. The lowest BCUT2D eigenvalue weighted by Crippen LogP contribution is -2.61. The van der Waals surface area contributed by atoms with Gasteiger partial charge in [0.05, 0.1) is 0 Å². The highest BCUT2D eigenvalue weighted by Crippen LogP contribution is 2.35. The average molecular weight is 297 g/mol.